The minimum absolute atomic E-state index is 0.0747. The zero-order chi connectivity index (χ0) is 13.1. The maximum absolute atomic E-state index is 13.3. The van der Waals surface area contributed by atoms with E-state index in [0.29, 0.717) is 6.07 Å². The highest BCUT2D eigenvalue weighted by Crippen LogP contribution is 2.20. The number of hydrogen-bond donors (Lipinski definition) is 3. The van der Waals surface area contributed by atoms with Gasteiger partial charge in [0.1, 0.15) is 4.90 Å². The van der Waals surface area contributed by atoms with Gasteiger partial charge in [0, 0.05) is 18.8 Å². The van der Waals surface area contributed by atoms with E-state index in [2.05, 4.69) is 0 Å². The van der Waals surface area contributed by atoms with Gasteiger partial charge in [0.25, 0.3) is 0 Å². The smallest absolute Gasteiger partial charge is 0.243 e. The molecule has 0 aliphatic carbocycles. The summed E-state index contributed by atoms with van der Waals surface area (Å²) in [7, 11) is -4.16. The van der Waals surface area contributed by atoms with Gasteiger partial charge in [-0.3, -0.25) is 0 Å². The van der Waals surface area contributed by atoms with E-state index < -0.39 is 26.6 Å². The molecule has 0 heterocycles. The fourth-order valence-corrected chi connectivity index (χ4v) is 2.34. The molecule has 0 fully saturated rings. The van der Waals surface area contributed by atoms with Gasteiger partial charge in [0.05, 0.1) is 0 Å². The van der Waals surface area contributed by atoms with Gasteiger partial charge in [-0.05, 0) is 18.6 Å². The summed E-state index contributed by atoms with van der Waals surface area (Å²) in [6, 6.07) is 1.53. The van der Waals surface area contributed by atoms with Crippen LogP contribution in [0.3, 0.4) is 0 Å². The van der Waals surface area contributed by atoms with Crippen molar-refractivity contribution in [1.29, 1.82) is 0 Å². The summed E-state index contributed by atoms with van der Waals surface area (Å²) >= 11 is 0. The lowest BCUT2D eigenvalue weighted by atomic mass is 10.3. The first-order valence-electron chi connectivity index (χ1n) is 4.73. The van der Waals surface area contributed by atoms with E-state index in [-0.39, 0.29) is 25.3 Å². The number of rotatable bonds is 5. The van der Waals surface area contributed by atoms with Gasteiger partial charge in [-0.15, -0.1) is 0 Å². The van der Waals surface area contributed by atoms with Gasteiger partial charge in [0.15, 0.2) is 11.6 Å². The molecular weight excluding hydrogens is 254 g/mol. The molecule has 4 N–H and O–H groups in total. The van der Waals surface area contributed by atoms with Crippen LogP contribution in [0.4, 0.5) is 14.5 Å². The third kappa shape index (κ3) is 3.35. The molecule has 8 heteroatoms. The minimum Gasteiger partial charge on any atom is -0.399 e. The summed E-state index contributed by atoms with van der Waals surface area (Å²) in [6.45, 7) is -0.287. The highest BCUT2D eigenvalue weighted by Gasteiger charge is 2.22. The standard InChI is InChI=1S/C9H12F2N2O3S/c10-7-4-6(12)5-8(9(7)11)17(15,16)13-2-1-3-14/h4-5,13-14H,1-3,12H2. The summed E-state index contributed by atoms with van der Waals surface area (Å²) in [6.07, 6.45) is 0.172. The van der Waals surface area contributed by atoms with Gasteiger partial charge >= 0.3 is 0 Å². The summed E-state index contributed by atoms with van der Waals surface area (Å²) in [5.74, 6) is -2.80. The first-order valence-corrected chi connectivity index (χ1v) is 6.22. The number of hydrogen-bond acceptors (Lipinski definition) is 4. The predicted molar refractivity (Wildman–Crippen MR) is 57.7 cm³/mol. The lowest BCUT2D eigenvalue weighted by Gasteiger charge is -2.08. The van der Waals surface area contributed by atoms with Crippen molar-refractivity contribution in [2.75, 3.05) is 18.9 Å². The van der Waals surface area contributed by atoms with Crippen LogP contribution in [0.5, 0.6) is 0 Å². The Kier molecular flexibility index (Phi) is 4.38. The molecule has 96 valence electrons. The van der Waals surface area contributed by atoms with Crippen molar-refractivity contribution in [1.82, 2.24) is 4.72 Å². The summed E-state index contributed by atoms with van der Waals surface area (Å²) < 4.78 is 51.4. The fraction of sp³-hybridized carbons (Fsp3) is 0.333. The second kappa shape index (κ2) is 5.39. The Hall–Kier alpha value is -1.25. The van der Waals surface area contributed by atoms with E-state index >= 15 is 0 Å². The van der Waals surface area contributed by atoms with E-state index in [1.807, 2.05) is 4.72 Å². The molecule has 1 aromatic rings. The number of nitrogens with one attached hydrogen (secondary N) is 1. The number of aliphatic hydroxyl groups excluding tert-OH is 1. The molecule has 0 atom stereocenters. The van der Waals surface area contributed by atoms with Crippen LogP contribution in [-0.2, 0) is 10.0 Å². The van der Waals surface area contributed by atoms with Crippen LogP contribution in [0, 0.1) is 11.6 Å². The Morgan fingerprint density at radius 3 is 2.59 bits per heavy atom. The molecule has 0 spiro atoms. The van der Waals surface area contributed by atoms with Gasteiger partial charge in [0.2, 0.25) is 10.0 Å². The Labute approximate surface area is 97.3 Å². The van der Waals surface area contributed by atoms with E-state index in [9.17, 15) is 17.2 Å². The normalized spacial score (nSPS) is 11.7. The minimum atomic E-state index is -4.16. The highest BCUT2D eigenvalue weighted by atomic mass is 32.2. The fourth-order valence-electron chi connectivity index (χ4n) is 1.14. The highest BCUT2D eigenvalue weighted by molar-refractivity contribution is 7.89. The number of anilines is 1. The molecule has 0 aromatic heterocycles. The molecule has 0 aliphatic heterocycles. The van der Waals surface area contributed by atoms with Gasteiger partial charge in [-0.1, -0.05) is 0 Å². The summed E-state index contributed by atoms with van der Waals surface area (Å²) in [4.78, 5) is -0.840. The number of nitrogen functional groups attached to an aromatic ring is 1. The third-order valence-corrected chi connectivity index (χ3v) is 3.39. The van der Waals surface area contributed by atoms with Crippen LogP contribution in [0.25, 0.3) is 0 Å². The monoisotopic (exact) mass is 266 g/mol. The first kappa shape index (κ1) is 13.8. The molecule has 0 amide bonds. The number of sulfonamides is 1. The SMILES string of the molecule is Nc1cc(F)c(F)c(S(=O)(=O)NCCCO)c1. The summed E-state index contributed by atoms with van der Waals surface area (Å²) in [5.41, 5.74) is 5.05. The van der Waals surface area contributed by atoms with Crippen LogP contribution < -0.4 is 10.5 Å². The third-order valence-electron chi connectivity index (χ3n) is 1.93. The van der Waals surface area contributed by atoms with E-state index in [1.165, 1.54) is 0 Å². The zero-order valence-electron chi connectivity index (χ0n) is 8.78. The maximum atomic E-state index is 13.3. The quantitative estimate of drug-likeness (QED) is 0.524. The molecular formula is C9H12F2N2O3S. The lowest BCUT2D eigenvalue weighted by Crippen LogP contribution is -2.26. The molecule has 17 heavy (non-hydrogen) atoms. The Morgan fingerprint density at radius 2 is 2.00 bits per heavy atom. The van der Waals surface area contributed by atoms with Crippen molar-refractivity contribution in [3.63, 3.8) is 0 Å². The van der Waals surface area contributed by atoms with Crippen molar-refractivity contribution < 1.29 is 22.3 Å². The number of aliphatic hydroxyl groups is 1. The second-order valence-corrected chi connectivity index (χ2v) is 5.03. The molecule has 0 saturated carbocycles. The van der Waals surface area contributed by atoms with Crippen molar-refractivity contribution >= 4 is 15.7 Å². The van der Waals surface area contributed by atoms with Crippen LogP contribution in [-0.4, -0.2) is 26.7 Å². The Balaban J connectivity index is 3.06. The molecule has 0 saturated heterocycles. The molecule has 5 nitrogen and oxygen atoms in total. The van der Waals surface area contributed by atoms with Crippen molar-refractivity contribution in [2.45, 2.75) is 11.3 Å². The van der Waals surface area contributed by atoms with Crippen molar-refractivity contribution in [3.05, 3.63) is 23.8 Å². The second-order valence-electron chi connectivity index (χ2n) is 3.29. The van der Waals surface area contributed by atoms with Crippen LogP contribution in [0.15, 0.2) is 17.0 Å². The average molecular weight is 266 g/mol. The van der Waals surface area contributed by atoms with E-state index in [0.717, 1.165) is 6.07 Å². The largest absolute Gasteiger partial charge is 0.399 e. The van der Waals surface area contributed by atoms with Gasteiger partial charge in [-0.2, -0.15) is 0 Å². The molecule has 0 unspecified atom stereocenters. The molecule has 1 rings (SSSR count). The van der Waals surface area contributed by atoms with Crippen molar-refractivity contribution in [2.24, 2.45) is 0 Å². The number of halogens is 2. The molecule has 0 aliphatic rings. The predicted octanol–water partition coefficient (Wildman–Crippen LogP) is 0.208. The summed E-state index contributed by atoms with van der Waals surface area (Å²) in [5, 5.41) is 8.49. The van der Waals surface area contributed by atoms with Crippen LogP contribution in [0.2, 0.25) is 0 Å². The first-order chi connectivity index (χ1) is 7.88. The lowest BCUT2D eigenvalue weighted by molar-refractivity contribution is 0.289. The maximum Gasteiger partial charge on any atom is 0.243 e. The molecule has 0 bridgehead atoms. The zero-order valence-corrected chi connectivity index (χ0v) is 9.60. The molecule has 0 radical (unpaired) electrons. The Bertz CT molecular complexity index is 505. The Morgan fingerprint density at radius 1 is 1.35 bits per heavy atom. The van der Waals surface area contributed by atoms with Crippen LogP contribution >= 0.6 is 0 Å². The van der Waals surface area contributed by atoms with Gasteiger partial charge in [-0.25, -0.2) is 21.9 Å². The topological polar surface area (TPSA) is 92.4 Å². The average Bonchev–Trinajstić information content (AvgIpc) is 2.23. The van der Waals surface area contributed by atoms with Crippen LogP contribution in [0.1, 0.15) is 6.42 Å². The van der Waals surface area contributed by atoms with E-state index in [4.69, 9.17) is 10.8 Å². The van der Waals surface area contributed by atoms with Gasteiger partial charge < -0.3 is 10.8 Å². The molecule has 1 aromatic carbocycles. The number of nitrogens with two attached hydrogens (primary N) is 1. The van der Waals surface area contributed by atoms with Crippen molar-refractivity contribution in [3.8, 4) is 0 Å². The number of benzene rings is 1. The van der Waals surface area contributed by atoms with E-state index in [1.54, 1.807) is 0 Å².